The first kappa shape index (κ1) is 19.3. The number of hydrogen-bond acceptors (Lipinski definition) is 5. The van der Waals surface area contributed by atoms with Crippen LogP contribution in [0, 0.1) is 17.3 Å². The molecule has 0 spiro atoms. The zero-order valence-corrected chi connectivity index (χ0v) is 17.8. The molecule has 7 rings (SSSR count). The summed E-state index contributed by atoms with van der Waals surface area (Å²) in [6.07, 6.45) is 12.2. The molecule has 7 heteroatoms. The van der Waals surface area contributed by atoms with Crippen LogP contribution < -0.4 is 10.1 Å². The van der Waals surface area contributed by atoms with E-state index in [1.807, 2.05) is 35.3 Å². The largest absolute Gasteiger partial charge is 0.491 e. The number of rotatable bonds is 6. The van der Waals surface area contributed by atoms with Gasteiger partial charge in [-0.25, -0.2) is 9.67 Å². The van der Waals surface area contributed by atoms with Gasteiger partial charge in [0.15, 0.2) is 0 Å². The van der Waals surface area contributed by atoms with Crippen LogP contribution in [-0.2, 0) is 15.1 Å². The molecule has 164 valence electrons. The maximum Gasteiger partial charge on any atom is 0.230 e. The second kappa shape index (κ2) is 7.33. The molecule has 1 saturated heterocycles. The van der Waals surface area contributed by atoms with Gasteiger partial charge in [0.2, 0.25) is 5.91 Å². The predicted molar refractivity (Wildman–Crippen MR) is 115 cm³/mol. The second-order valence-corrected chi connectivity index (χ2v) is 10.2. The van der Waals surface area contributed by atoms with E-state index in [-0.39, 0.29) is 23.0 Å². The van der Waals surface area contributed by atoms with Crippen LogP contribution in [0.15, 0.2) is 36.9 Å². The number of hydrogen-bond donors (Lipinski definition) is 1. The van der Waals surface area contributed by atoms with Crippen molar-refractivity contribution < 1.29 is 14.3 Å². The van der Waals surface area contributed by atoms with Crippen LogP contribution in [-0.4, -0.2) is 40.0 Å². The van der Waals surface area contributed by atoms with E-state index < -0.39 is 0 Å². The number of ether oxygens (including phenoxy) is 2. The lowest BCUT2D eigenvalue weighted by Crippen LogP contribution is -2.60. The molecule has 31 heavy (non-hydrogen) atoms. The molecule has 5 aliphatic rings. The van der Waals surface area contributed by atoms with Gasteiger partial charge in [0.25, 0.3) is 0 Å². The predicted octanol–water partition coefficient (Wildman–Crippen LogP) is 3.77. The van der Waals surface area contributed by atoms with Gasteiger partial charge in [-0.15, -0.1) is 0 Å². The number of amides is 1. The standard InChI is InChI=1S/C24H30N4O3/c29-22(27-19-3-5-20(6-4-19)31-13-21-2-1-7-30-21)23-9-17-8-18(10-23)12-24(11-17,14-23)28-16-25-15-26-28/h3-6,15-18,21H,1-2,7-14H2,(H,27,29). The molecule has 0 radical (unpaired) electrons. The Morgan fingerprint density at radius 2 is 2.00 bits per heavy atom. The van der Waals surface area contributed by atoms with E-state index in [9.17, 15) is 4.79 Å². The monoisotopic (exact) mass is 422 g/mol. The van der Waals surface area contributed by atoms with E-state index in [2.05, 4.69) is 15.4 Å². The van der Waals surface area contributed by atoms with Gasteiger partial charge in [-0.1, -0.05) is 0 Å². The smallest absolute Gasteiger partial charge is 0.230 e. The van der Waals surface area contributed by atoms with E-state index in [1.165, 1.54) is 6.42 Å². The van der Waals surface area contributed by atoms with Crippen molar-refractivity contribution in [3.05, 3.63) is 36.9 Å². The quantitative estimate of drug-likeness (QED) is 0.767. The van der Waals surface area contributed by atoms with Crippen LogP contribution in [0.1, 0.15) is 51.4 Å². The molecule has 4 saturated carbocycles. The van der Waals surface area contributed by atoms with Gasteiger partial charge in [0, 0.05) is 12.3 Å². The molecule has 2 heterocycles. The van der Waals surface area contributed by atoms with Crippen LogP contribution in [0.4, 0.5) is 5.69 Å². The Morgan fingerprint density at radius 1 is 1.19 bits per heavy atom. The first-order valence-corrected chi connectivity index (χ1v) is 11.6. The minimum Gasteiger partial charge on any atom is -0.491 e. The van der Waals surface area contributed by atoms with Gasteiger partial charge < -0.3 is 14.8 Å². The summed E-state index contributed by atoms with van der Waals surface area (Å²) < 4.78 is 13.5. The lowest BCUT2D eigenvalue weighted by molar-refractivity contribution is -0.150. The Morgan fingerprint density at radius 3 is 2.68 bits per heavy atom. The molecule has 1 amide bonds. The van der Waals surface area contributed by atoms with Gasteiger partial charge >= 0.3 is 0 Å². The molecule has 7 nitrogen and oxygen atoms in total. The molecule has 1 aliphatic heterocycles. The first-order valence-electron chi connectivity index (χ1n) is 11.6. The summed E-state index contributed by atoms with van der Waals surface area (Å²) in [5.41, 5.74) is 0.489. The lowest BCUT2D eigenvalue weighted by atomic mass is 9.46. The van der Waals surface area contributed by atoms with Crippen molar-refractivity contribution in [2.75, 3.05) is 18.5 Å². The average molecular weight is 423 g/mol. The van der Waals surface area contributed by atoms with Crippen molar-refractivity contribution >= 4 is 11.6 Å². The molecule has 3 atom stereocenters. The van der Waals surface area contributed by atoms with Crippen molar-refractivity contribution in [2.24, 2.45) is 17.3 Å². The van der Waals surface area contributed by atoms with Gasteiger partial charge in [-0.3, -0.25) is 4.79 Å². The molecule has 5 fully saturated rings. The number of carbonyl (C=O) groups is 1. The molecule has 1 aromatic heterocycles. The Labute approximate surface area is 182 Å². The SMILES string of the molecule is O=C(Nc1ccc(OCC2CCCO2)cc1)C12CC3CC(C1)CC(n1cncn1)(C3)C2. The van der Waals surface area contributed by atoms with Crippen LogP contribution in [0.25, 0.3) is 0 Å². The summed E-state index contributed by atoms with van der Waals surface area (Å²) in [7, 11) is 0. The summed E-state index contributed by atoms with van der Waals surface area (Å²) in [5.74, 6) is 2.18. The third-order valence-electron chi connectivity index (χ3n) is 7.99. The Kier molecular flexibility index (Phi) is 4.56. The third-order valence-corrected chi connectivity index (χ3v) is 7.99. The number of aromatic nitrogens is 3. The second-order valence-electron chi connectivity index (χ2n) is 10.2. The van der Waals surface area contributed by atoms with E-state index in [0.29, 0.717) is 18.4 Å². The summed E-state index contributed by atoms with van der Waals surface area (Å²) >= 11 is 0. The Bertz CT molecular complexity index is 922. The fraction of sp³-hybridized carbons (Fsp3) is 0.625. The lowest BCUT2D eigenvalue weighted by Gasteiger charge is -2.60. The average Bonchev–Trinajstić information content (AvgIpc) is 3.47. The number of anilines is 1. The van der Waals surface area contributed by atoms with Crippen molar-refractivity contribution in [3.63, 3.8) is 0 Å². The van der Waals surface area contributed by atoms with Crippen molar-refractivity contribution in [1.29, 1.82) is 0 Å². The summed E-state index contributed by atoms with van der Waals surface area (Å²) in [6.45, 7) is 1.42. The van der Waals surface area contributed by atoms with Crippen molar-refractivity contribution in [1.82, 2.24) is 14.8 Å². The Hall–Kier alpha value is -2.41. The van der Waals surface area contributed by atoms with Gasteiger partial charge in [0.1, 0.15) is 25.0 Å². The van der Waals surface area contributed by atoms with E-state index in [1.54, 1.807) is 6.33 Å². The van der Waals surface area contributed by atoms with E-state index in [4.69, 9.17) is 9.47 Å². The van der Waals surface area contributed by atoms with Crippen LogP contribution in [0.3, 0.4) is 0 Å². The molecule has 2 aromatic rings. The highest BCUT2D eigenvalue weighted by molar-refractivity contribution is 5.95. The molecular formula is C24H30N4O3. The normalized spacial score (nSPS) is 35.9. The zero-order valence-electron chi connectivity index (χ0n) is 17.8. The van der Waals surface area contributed by atoms with Crippen molar-refractivity contribution in [3.8, 4) is 5.75 Å². The highest BCUT2D eigenvalue weighted by Gasteiger charge is 2.61. The summed E-state index contributed by atoms with van der Waals surface area (Å²) in [5, 5.41) is 7.71. The molecule has 3 unspecified atom stereocenters. The highest BCUT2D eigenvalue weighted by atomic mass is 16.5. The zero-order chi connectivity index (χ0) is 20.9. The highest BCUT2D eigenvalue weighted by Crippen LogP contribution is 2.64. The molecule has 4 aliphatic carbocycles. The van der Waals surface area contributed by atoms with Crippen LogP contribution >= 0.6 is 0 Å². The van der Waals surface area contributed by atoms with E-state index >= 15 is 0 Å². The fourth-order valence-electron chi connectivity index (χ4n) is 7.06. The van der Waals surface area contributed by atoms with Crippen molar-refractivity contribution in [2.45, 2.75) is 63.0 Å². The molecule has 1 N–H and O–H groups in total. The summed E-state index contributed by atoms with van der Waals surface area (Å²) in [4.78, 5) is 17.8. The molecular weight excluding hydrogens is 392 g/mol. The minimum absolute atomic E-state index is 0.0437. The first-order chi connectivity index (χ1) is 15.1. The minimum atomic E-state index is -0.301. The number of nitrogens with one attached hydrogen (secondary N) is 1. The van der Waals surface area contributed by atoms with Gasteiger partial charge in [-0.2, -0.15) is 5.10 Å². The molecule has 4 bridgehead atoms. The maximum absolute atomic E-state index is 13.6. The van der Waals surface area contributed by atoms with Gasteiger partial charge in [-0.05, 0) is 87.5 Å². The maximum atomic E-state index is 13.6. The topological polar surface area (TPSA) is 78.3 Å². The summed E-state index contributed by atoms with van der Waals surface area (Å²) in [6, 6.07) is 7.75. The number of carbonyl (C=O) groups excluding carboxylic acids is 1. The third kappa shape index (κ3) is 3.43. The Balaban J connectivity index is 1.15. The number of nitrogens with zero attached hydrogens (tertiary/aromatic N) is 3. The van der Waals surface area contributed by atoms with Gasteiger partial charge in [0.05, 0.1) is 17.1 Å². The van der Waals surface area contributed by atoms with Crippen LogP contribution in [0.5, 0.6) is 5.75 Å². The van der Waals surface area contributed by atoms with Crippen LogP contribution in [0.2, 0.25) is 0 Å². The number of benzene rings is 1. The molecule has 1 aromatic carbocycles. The van der Waals surface area contributed by atoms with E-state index in [0.717, 1.165) is 63.0 Å². The fourth-order valence-corrected chi connectivity index (χ4v) is 7.06.